The summed E-state index contributed by atoms with van der Waals surface area (Å²) in [5.41, 5.74) is 2.26. The number of hydrogen-bond acceptors (Lipinski definition) is 4. The van der Waals surface area contributed by atoms with Crippen LogP contribution in [-0.2, 0) is 6.54 Å². The first-order valence-corrected chi connectivity index (χ1v) is 9.17. The van der Waals surface area contributed by atoms with Crippen LogP contribution in [0.2, 0.25) is 0 Å². The standard InChI is InChI=1S/C21H18F2N6O/c1-13-20(14(2)29(26-13)18-4-3-16(22)11-17(18)23)21(30)25-19-7-10-28(27-19)12-15-5-8-24-9-6-15/h3-11H,12H2,1-2H3,(H,25,27,30). The molecule has 1 N–H and O–H groups in total. The third kappa shape index (κ3) is 3.82. The molecule has 0 fully saturated rings. The minimum Gasteiger partial charge on any atom is -0.305 e. The van der Waals surface area contributed by atoms with Crippen LogP contribution in [0.25, 0.3) is 5.69 Å². The van der Waals surface area contributed by atoms with Crippen molar-refractivity contribution < 1.29 is 13.6 Å². The molecule has 4 rings (SSSR count). The van der Waals surface area contributed by atoms with Gasteiger partial charge in [0.05, 0.1) is 23.5 Å². The van der Waals surface area contributed by atoms with E-state index in [2.05, 4.69) is 20.5 Å². The second-order valence-electron chi connectivity index (χ2n) is 6.76. The van der Waals surface area contributed by atoms with Crippen LogP contribution >= 0.6 is 0 Å². The minimum atomic E-state index is -0.762. The maximum atomic E-state index is 14.2. The van der Waals surface area contributed by atoms with Crippen LogP contribution in [0.4, 0.5) is 14.6 Å². The second kappa shape index (κ2) is 7.86. The van der Waals surface area contributed by atoms with E-state index in [1.54, 1.807) is 43.2 Å². The summed E-state index contributed by atoms with van der Waals surface area (Å²) in [4.78, 5) is 16.8. The molecule has 0 atom stereocenters. The van der Waals surface area contributed by atoms with Crippen molar-refractivity contribution in [2.24, 2.45) is 0 Å². The lowest BCUT2D eigenvalue weighted by Gasteiger charge is -2.07. The Kier molecular flexibility index (Phi) is 5.09. The molecule has 152 valence electrons. The number of carbonyl (C=O) groups is 1. The van der Waals surface area contributed by atoms with Gasteiger partial charge in [0.25, 0.3) is 5.91 Å². The molecule has 3 aromatic heterocycles. The first kappa shape index (κ1) is 19.4. The molecular formula is C21H18F2N6O. The number of nitrogens with zero attached hydrogens (tertiary/aromatic N) is 5. The van der Waals surface area contributed by atoms with Gasteiger partial charge in [-0.25, -0.2) is 13.5 Å². The average molecular weight is 408 g/mol. The lowest BCUT2D eigenvalue weighted by atomic mass is 10.2. The van der Waals surface area contributed by atoms with Gasteiger partial charge in [0, 0.05) is 30.7 Å². The smallest absolute Gasteiger partial charge is 0.260 e. The van der Waals surface area contributed by atoms with Gasteiger partial charge >= 0.3 is 0 Å². The Morgan fingerprint density at radius 2 is 1.83 bits per heavy atom. The fourth-order valence-corrected chi connectivity index (χ4v) is 3.23. The van der Waals surface area contributed by atoms with Crippen LogP contribution in [-0.4, -0.2) is 30.5 Å². The Morgan fingerprint density at radius 3 is 2.57 bits per heavy atom. The van der Waals surface area contributed by atoms with Gasteiger partial charge in [-0.2, -0.15) is 10.2 Å². The predicted octanol–water partition coefficient (Wildman–Crippen LogP) is 3.66. The highest BCUT2D eigenvalue weighted by Gasteiger charge is 2.21. The van der Waals surface area contributed by atoms with Crippen molar-refractivity contribution >= 4 is 11.7 Å². The molecule has 1 aromatic carbocycles. The van der Waals surface area contributed by atoms with Crippen molar-refractivity contribution in [3.05, 3.63) is 89.1 Å². The van der Waals surface area contributed by atoms with E-state index in [0.717, 1.165) is 17.7 Å². The molecule has 0 bridgehead atoms. The third-order valence-corrected chi connectivity index (χ3v) is 4.63. The van der Waals surface area contributed by atoms with Crippen LogP contribution in [0.15, 0.2) is 55.0 Å². The van der Waals surface area contributed by atoms with E-state index in [9.17, 15) is 13.6 Å². The van der Waals surface area contributed by atoms with Gasteiger partial charge in [0.15, 0.2) is 11.6 Å². The van der Waals surface area contributed by atoms with E-state index >= 15 is 0 Å². The molecule has 1 amide bonds. The summed E-state index contributed by atoms with van der Waals surface area (Å²) < 4.78 is 30.4. The molecule has 7 nitrogen and oxygen atoms in total. The summed E-state index contributed by atoms with van der Waals surface area (Å²) >= 11 is 0. The Hall–Kier alpha value is -3.88. The van der Waals surface area contributed by atoms with Crippen LogP contribution < -0.4 is 5.32 Å². The zero-order valence-corrected chi connectivity index (χ0v) is 16.3. The third-order valence-electron chi connectivity index (χ3n) is 4.63. The van der Waals surface area contributed by atoms with Gasteiger partial charge in [-0.15, -0.1) is 0 Å². The highest BCUT2D eigenvalue weighted by molar-refractivity contribution is 6.05. The van der Waals surface area contributed by atoms with Crippen molar-refractivity contribution in [3.8, 4) is 5.69 Å². The highest BCUT2D eigenvalue weighted by Crippen LogP contribution is 2.21. The first-order valence-electron chi connectivity index (χ1n) is 9.17. The first-order chi connectivity index (χ1) is 14.4. The highest BCUT2D eigenvalue weighted by atomic mass is 19.1. The molecule has 4 aromatic rings. The lowest BCUT2D eigenvalue weighted by molar-refractivity contribution is 0.102. The summed E-state index contributed by atoms with van der Waals surface area (Å²) in [6.07, 6.45) is 5.16. The average Bonchev–Trinajstić information content (AvgIpc) is 3.26. The number of halogens is 2. The Morgan fingerprint density at radius 1 is 1.07 bits per heavy atom. The summed E-state index contributed by atoms with van der Waals surface area (Å²) in [5.74, 6) is -1.47. The molecule has 0 radical (unpaired) electrons. The normalized spacial score (nSPS) is 10.9. The van der Waals surface area contributed by atoms with Gasteiger partial charge in [-0.05, 0) is 43.7 Å². The fraction of sp³-hybridized carbons (Fsp3) is 0.143. The van der Waals surface area contributed by atoms with Crippen molar-refractivity contribution in [2.75, 3.05) is 5.32 Å². The fourth-order valence-electron chi connectivity index (χ4n) is 3.23. The van der Waals surface area contributed by atoms with E-state index in [0.29, 0.717) is 29.3 Å². The number of anilines is 1. The molecule has 30 heavy (non-hydrogen) atoms. The molecule has 0 saturated carbocycles. The van der Waals surface area contributed by atoms with Gasteiger partial charge in [-0.1, -0.05) is 0 Å². The lowest BCUT2D eigenvalue weighted by Crippen LogP contribution is -2.15. The van der Waals surface area contributed by atoms with Gasteiger partial charge < -0.3 is 5.32 Å². The molecular weight excluding hydrogens is 390 g/mol. The quantitative estimate of drug-likeness (QED) is 0.547. The van der Waals surface area contributed by atoms with Gasteiger partial charge in [0.1, 0.15) is 11.5 Å². The Balaban J connectivity index is 1.55. The zero-order chi connectivity index (χ0) is 21.3. The molecule has 3 heterocycles. The Bertz CT molecular complexity index is 1220. The van der Waals surface area contributed by atoms with Crippen molar-refractivity contribution in [1.29, 1.82) is 0 Å². The van der Waals surface area contributed by atoms with E-state index in [1.165, 1.54) is 10.7 Å². The summed E-state index contributed by atoms with van der Waals surface area (Å²) in [6, 6.07) is 8.66. The number of aryl methyl sites for hydroxylation is 1. The van der Waals surface area contributed by atoms with E-state index in [4.69, 9.17) is 0 Å². The van der Waals surface area contributed by atoms with Crippen LogP contribution in [0, 0.1) is 25.5 Å². The topological polar surface area (TPSA) is 77.6 Å². The number of aromatic nitrogens is 5. The molecule has 0 aliphatic heterocycles. The van der Waals surface area contributed by atoms with Crippen LogP contribution in [0.3, 0.4) is 0 Å². The van der Waals surface area contributed by atoms with E-state index < -0.39 is 17.5 Å². The van der Waals surface area contributed by atoms with Crippen molar-refractivity contribution in [1.82, 2.24) is 24.5 Å². The molecule has 0 aliphatic rings. The SMILES string of the molecule is Cc1nn(-c2ccc(F)cc2F)c(C)c1C(=O)Nc1ccn(Cc2ccncc2)n1. The zero-order valence-electron chi connectivity index (χ0n) is 16.3. The van der Waals surface area contributed by atoms with Crippen molar-refractivity contribution in [3.63, 3.8) is 0 Å². The number of amides is 1. The number of rotatable bonds is 5. The summed E-state index contributed by atoms with van der Waals surface area (Å²) in [6.45, 7) is 3.85. The van der Waals surface area contributed by atoms with E-state index in [-0.39, 0.29) is 5.69 Å². The number of nitrogens with one attached hydrogen (secondary N) is 1. The molecule has 0 saturated heterocycles. The minimum absolute atomic E-state index is 0.0673. The van der Waals surface area contributed by atoms with Crippen LogP contribution in [0.1, 0.15) is 27.3 Å². The maximum absolute atomic E-state index is 14.2. The molecule has 9 heteroatoms. The molecule has 0 aliphatic carbocycles. The van der Waals surface area contributed by atoms with E-state index in [1.807, 2.05) is 12.1 Å². The van der Waals surface area contributed by atoms with Crippen LogP contribution in [0.5, 0.6) is 0 Å². The predicted molar refractivity (Wildman–Crippen MR) is 106 cm³/mol. The second-order valence-corrected chi connectivity index (χ2v) is 6.76. The summed E-state index contributed by atoms with van der Waals surface area (Å²) in [7, 11) is 0. The number of carbonyl (C=O) groups excluding carboxylic acids is 1. The number of hydrogen-bond donors (Lipinski definition) is 1. The maximum Gasteiger partial charge on any atom is 0.260 e. The largest absolute Gasteiger partial charge is 0.305 e. The Labute approximate surface area is 171 Å². The number of benzene rings is 1. The number of pyridine rings is 1. The molecule has 0 unspecified atom stereocenters. The monoisotopic (exact) mass is 408 g/mol. The van der Waals surface area contributed by atoms with Crippen molar-refractivity contribution in [2.45, 2.75) is 20.4 Å². The van der Waals surface area contributed by atoms with Gasteiger partial charge in [-0.3, -0.25) is 14.5 Å². The summed E-state index contributed by atoms with van der Waals surface area (Å²) in [5, 5.41) is 11.4. The molecule has 0 spiro atoms. The van der Waals surface area contributed by atoms with Gasteiger partial charge in [0.2, 0.25) is 0 Å².